The van der Waals surface area contributed by atoms with Crippen molar-refractivity contribution in [3.05, 3.63) is 23.8 Å². The number of hydrogen-bond acceptors (Lipinski definition) is 4. The molecule has 0 bridgehead atoms. The molecular formula is C18H28N2O3. The van der Waals surface area contributed by atoms with E-state index in [0.717, 1.165) is 44.8 Å². The van der Waals surface area contributed by atoms with Crippen LogP contribution in [0.1, 0.15) is 37.0 Å². The van der Waals surface area contributed by atoms with Crippen molar-refractivity contribution < 1.29 is 14.3 Å². The quantitative estimate of drug-likeness (QED) is 0.774. The van der Waals surface area contributed by atoms with E-state index in [-0.39, 0.29) is 5.91 Å². The topological polar surface area (TPSA) is 42.0 Å². The minimum absolute atomic E-state index is 0.0708. The fourth-order valence-electron chi connectivity index (χ4n) is 2.49. The van der Waals surface area contributed by atoms with Crippen LogP contribution in [0.5, 0.6) is 11.5 Å². The lowest BCUT2D eigenvalue weighted by Gasteiger charge is -2.32. The van der Waals surface area contributed by atoms with Crippen LogP contribution in [0.25, 0.3) is 0 Å². The average molecular weight is 320 g/mol. The maximum atomic E-state index is 12.7. The number of piperazine rings is 1. The number of benzene rings is 1. The normalized spacial score (nSPS) is 15.5. The molecule has 1 aromatic carbocycles. The van der Waals surface area contributed by atoms with E-state index >= 15 is 0 Å². The first kappa shape index (κ1) is 17.6. The van der Waals surface area contributed by atoms with E-state index in [2.05, 4.69) is 25.8 Å². The van der Waals surface area contributed by atoms with E-state index in [0.29, 0.717) is 24.5 Å². The molecule has 1 saturated heterocycles. The van der Waals surface area contributed by atoms with Crippen LogP contribution in [-0.2, 0) is 0 Å². The van der Waals surface area contributed by atoms with Crippen molar-refractivity contribution in [2.24, 2.45) is 0 Å². The largest absolute Gasteiger partial charge is 0.490 e. The summed E-state index contributed by atoms with van der Waals surface area (Å²) in [5.41, 5.74) is 0.671. The van der Waals surface area contributed by atoms with Crippen LogP contribution >= 0.6 is 0 Å². The van der Waals surface area contributed by atoms with Crippen molar-refractivity contribution in [1.29, 1.82) is 0 Å². The zero-order valence-corrected chi connectivity index (χ0v) is 14.5. The number of carbonyl (C=O) groups is 1. The summed E-state index contributed by atoms with van der Waals surface area (Å²) in [6.07, 6.45) is 1.86. The number of nitrogens with zero attached hydrogens (tertiary/aromatic N) is 2. The van der Waals surface area contributed by atoms with Gasteiger partial charge in [-0.2, -0.15) is 0 Å². The minimum Gasteiger partial charge on any atom is -0.490 e. The van der Waals surface area contributed by atoms with Gasteiger partial charge in [-0.3, -0.25) is 4.79 Å². The standard InChI is InChI=1S/C18H28N2O3/c1-4-12-22-16-7-6-15(14-17(16)23-13-5-2)18(21)20-10-8-19(3)9-11-20/h6-7,14H,4-5,8-13H2,1-3H3. The summed E-state index contributed by atoms with van der Waals surface area (Å²) in [5, 5.41) is 0. The molecule has 128 valence electrons. The summed E-state index contributed by atoms with van der Waals surface area (Å²) in [7, 11) is 2.08. The zero-order chi connectivity index (χ0) is 16.7. The molecule has 1 heterocycles. The van der Waals surface area contributed by atoms with Crippen LogP contribution in [0, 0.1) is 0 Å². The Morgan fingerprint density at radius 3 is 2.22 bits per heavy atom. The third-order valence-electron chi connectivity index (χ3n) is 3.90. The first-order chi connectivity index (χ1) is 11.2. The third kappa shape index (κ3) is 4.86. The van der Waals surface area contributed by atoms with Crippen molar-refractivity contribution >= 4 is 5.91 Å². The van der Waals surface area contributed by atoms with Gasteiger partial charge in [0, 0.05) is 31.7 Å². The van der Waals surface area contributed by atoms with E-state index in [9.17, 15) is 4.79 Å². The molecule has 1 aliphatic heterocycles. The van der Waals surface area contributed by atoms with Crippen molar-refractivity contribution in [3.63, 3.8) is 0 Å². The molecule has 1 amide bonds. The van der Waals surface area contributed by atoms with Gasteiger partial charge in [-0.05, 0) is 38.1 Å². The summed E-state index contributed by atoms with van der Waals surface area (Å²) in [5.74, 6) is 1.46. The second-order valence-electron chi connectivity index (χ2n) is 5.95. The summed E-state index contributed by atoms with van der Waals surface area (Å²) in [6.45, 7) is 8.78. The number of carbonyl (C=O) groups excluding carboxylic acids is 1. The first-order valence-corrected chi connectivity index (χ1v) is 8.53. The Morgan fingerprint density at radius 1 is 1.00 bits per heavy atom. The van der Waals surface area contributed by atoms with Gasteiger partial charge in [0.15, 0.2) is 11.5 Å². The molecule has 0 unspecified atom stereocenters. The minimum atomic E-state index is 0.0708. The van der Waals surface area contributed by atoms with Crippen LogP contribution in [0.2, 0.25) is 0 Å². The van der Waals surface area contributed by atoms with Gasteiger partial charge in [0.1, 0.15) is 0 Å². The highest BCUT2D eigenvalue weighted by Crippen LogP contribution is 2.29. The Kier molecular flexibility index (Phi) is 6.71. The maximum Gasteiger partial charge on any atom is 0.254 e. The Hall–Kier alpha value is -1.75. The van der Waals surface area contributed by atoms with Crippen LogP contribution in [-0.4, -0.2) is 62.1 Å². The summed E-state index contributed by atoms with van der Waals surface area (Å²) in [4.78, 5) is 16.8. The molecule has 0 radical (unpaired) electrons. The number of rotatable bonds is 7. The molecule has 0 atom stereocenters. The van der Waals surface area contributed by atoms with Crippen molar-refractivity contribution in [2.45, 2.75) is 26.7 Å². The molecule has 0 saturated carbocycles. The Bertz CT molecular complexity index is 511. The van der Waals surface area contributed by atoms with Gasteiger partial charge in [0.05, 0.1) is 13.2 Å². The molecule has 5 heteroatoms. The monoisotopic (exact) mass is 320 g/mol. The van der Waals surface area contributed by atoms with Crippen molar-refractivity contribution in [2.75, 3.05) is 46.4 Å². The number of likely N-dealkylation sites (N-methyl/N-ethyl adjacent to an activating group) is 1. The Morgan fingerprint density at radius 2 is 1.61 bits per heavy atom. The van der Waals surface area contributed by atoms with E-state index in [1.54, 1.807) is 0 Å². The first-order valence-electron chi connectivity index (χ1n) is 8.53. The highest BCUT2D eigenvalue weighted by molar-refractivity contribution is 5.95. The Balaban J connectivity index is 2.13. The molecule has 0 aliphatic carbocycles. The summed E-state index contributed by atoms with van der Waals surface area (Å²) in [6, 6.07) is 5.51. The van der Waals surface area contributed by atoms with Crippen LogP contribution in [0.4, 0.5) is 0 Å². The fourth-order valence-corrected chi connectivity index (χ4v) is 2.49. The van der Waals surface area contributed by atoms with Gasteiger partial charge < -0.3 is 19.3 Å². The van der Waals surface area contributed by atoms with Crippen LogP contribution < -0.4 is 9.47 Å². The zero-order valence-electron chi connectivity index (χ0n) is 14.5. The SMILES string of the molecule is CCCOc1ccc(C(=O)N2CCN(C)CC2)cc1OCCC. The molecule has 23 heavy (non-hydrogen) atoms. The molecule has 0 spiro atoms. The molecule has 1 aromatic rings. The molecule has 0 aromatic heterocycles. The Labute approximate surface area is 139 Å². The highest BCUT2D eigenvalue weighted by Gasteiger charge is 2.21. The van der Waals surface area contributed by atoms with E-state index < -0.39 is 0 Å². The second kappa shape index (κ2) is 8.77. The van der Waals surface area contributed by atoms with Crippen molar-refractivity contribution in [3.8, 4) is 11.5 Å². The van der Waals surface area contributed by atoms with Crippen LogP contribution in [0.15, 0.2) is 18.2 Å². The predicted octanol–water partition coefficient (Wildman–Crippen LogP) is 2.65. The second-order valence-corrected chi connectivity index (χ2v) is 5.95. The molecule has 2 rings (SSSR count). The average Bonchev–Trinajstić information content (AvgIpc) is 2.58. The van der Waals surface area contributed by atoms with Gasteiger partial charge >= 0.3 is 0 Å². The van der Waals surface area contributed by atoms with Gasteiger partial charge in [0.2, 0.25) is 0 Å². The molecule has 0 N–H and O–H groups in total. The molecule has 5 nitrogen and oxygen atoms in total. The van der Waals surface area contributed by atoms with E-state index in [1.165, 1.54) is 0 Å². The van der Waals surface area contributed by atoms with Gasteiger partial charge in [0.25, 0.3) is 5.91 Å². The molecule has 1 fully saturated rings. The number of amides is 1. The van der Waals surface area contributed by atoms with E-state index in [4.69, 9.17) is 9.47 Å². The fraction of sp³-hybridized carbons (Fsp3) is 0.611. The number of ether oxygens (including phenoxy) is 2. The molecule has 1 aliphatic rings. The lowest BCUT2D eigenvalue weighted by Crippen LogP contribution is -2.47. The van der Waals surface area contributed by atoms with E-state index in [1.807, 2.05) is 23.1 Å². The maximum absolute atomic E-state index is 12.7. The predicted molar refractivity (Wildman–Crippen MR) is 91.4 cm³/mol. The lowest BCUT2D eigenvalue weighted by molar-refractivity contribution is 0.0663. The smallest absolute Gasteiger partial charge is 0.254 e. The third-order valence-corrected chi connectivity index (χ3v) is 3.90. The lowest BCUT2D eigenvalue weighted by atomic mass is 10.1. The molecular weight excluding hydrogens is 292 g/mol. The van der Waals surface area contributed by atoms with Gasteiger partial charge in [-0.1, -0.05) is 13.8 Å². The van der Waals surface area contributed by atoms with Gasteiger partial charge in [-0.15, -0.1) is 0 Å². The van der Waals surface area contributed by atoms with Gasteiger partial charge in [-0.25, -0.2) is 0 Å². The highest BCUT2D eigenvalue weighted by atomic mass is 16.5. The van der Waals surface area contributed by atoms with Crippen molar-refractivity contribution in [1.82, 2.24) is 9.80 Å². The number of hydrogen-bond donors (Lipinski definition) is 0. The summed E-state index contributed by atoms with van der Waals surface area (Å²) >= 11 is 0. The van der Waals surface area contributed by atoms with Crippen LogP contribution in [0.3, 0.4) is 0 Å². The summed E-state index contributed by atoms with van der Waals surface area (Å²) < 4.78 is 11.5.